The summed E-state index contributed by atoms with van der Waals surface area (Å²) in [6.07, 6.45) is 1.93. The highest BCUT2D eigenvalue weighted by Crippen LogP contribution is 2.17. The molecule has 5 nitrogen and oxygen atoms in total. The van der Waals surface area contributed by atoms with Gasteiger partial charge in [0.25, 0.3) is 0 Å². The average Bonchev–Trinajstić information content (AvgIpc) is 2.32. The zero-order valence-electron chi connectivity index (χ0n) is 9.97. The van der Waals surface area contributed by atoms with Gasteiger partial charge >= 0.3 is 0 Å². The minimum Gasteiger partial charge on any atom is -0.548 e. The van der Waals surface area contributed by atoms with Crippen LogP contribution in [-0.4, -0.2) is 23.4 Å². The molecule has 1 aliphatic rings. The monoisotopic (exact) mass is 245 g/mol. The Balaban J connectivity index is 2.17. The van der Waals surface area contributed by atoms with E-state index in [1.807, 2.05) is 31.2 Å². The molecular formula is C13H13N2O3-. The highest BCUT2D eigenvalue weighted by atomic mass is 16.4. The van der Waals surface area contributed by atoms with Crippen LogP contribution in [0.4, 0.5) is 0 Å². The molecule has 1 aromatic carbocycles. The number of nitrogens with one attached hydrogen (secondary N) is 1. The van der Waals surface area contributed by atoms with Crippen molar-refractivity contribution < 1.29 is 14.7 Å². The van der Waals surface area contributed by atoms with Crippen molar-refractivity contribution in [3.05, 3.63) is 41.5 Å². The van der Waals surface area contributed by atoms with Crippen molar-refractivity contribution in [2.24, 2.45) is 0 Å². The maximum Gasteiger partial charge on any atom is 0.245 e. The van der Waals surface area contributed by atoms with E-state index in [4.69, 9.17) is 0 Å². The van der Waals surface area contributed by atoms with Crippen LogP contribution in [0.1, 0.15) is 17.5 Å². The number of carbonyl (C=O) groups is 2. The molecule has 0 saturated carbocycles. The minimum absolute atomic E-state index is 0.184. The van der Waals surface area contributed by atoms with E-state index >= 15 is 0 Å². The van der Waals surface area contributed by atoms with Gasteiger partial charge in [0.1, 0.15) is 0 Å². The van der Waals surface area contributed by atoms with Crippen LogP contribution in [0.3, 0.4) is 0 Å². The highest BCUT2D eigenvalue weighted by molar-refractivity contribution is 5.86. The second-order valence-electron chi connectivity index (χ2n) is 4.15. The Morgan fingerprint density at radius 3 is 2.67 bits per heavy atom. The van der Waals surface area contributed by atoms with Crippen LogP contribution in [0.25, 0.3) is 5.70 Å². The van der Waals surface area contributed by atoms with Gasteiger partial charge in [-0.25, -0.2) is 0 Å². The van der Waals surface area contributed by atoms with E-state index in [2.05, 4.69) is 5.43 Å². The summed E-state index contributed by atoms with van der Waals surface area (Å²) < 4.78 is 0. The van der Waals surface area contributed by atoms with Crippen LogP contribution in [0, 0.1) is 6.92 Å². The second kappa shape index (κ2) is 4.91. The number of aryl methyl sites for hydroxylation is 1. The van der Waals surface area contributed by atoms with E-state index in [1.165, 1.54) is 0 Å². The third kappa shape index (κ3) is 2.68. The summed E-state index contributed by atoms with van der Waals surface area (Å²) in [5.41, 5.74) is 5.58. The van der Waals surface area contributed by atoms with Crippen molar-refractivity contribution in [3.8, 4) is 0 Å². The number of amides is 1. The quantitative estimate of drug-likeness (QED) is 0.802. The Morgan fingerprint density at radius 1 is 1.39 bits per heavy atom. The van der Waals surface area contributed by atoms with Crippen LogP contribution in [-0.2, 0) is 9.59 Å². The third-order valence-electron chi connectivity index (χ3n) is 2.69. The number of aliphatic carboxylic acids is 1. The first-order valence-corrected chi connectivity index (χ1v) is 5.60. The van der Waals surface area contributed by atoms with Crippen molar-refractivity contribution in [2.75, 3.05) is 6.54 Å². The van der Waals surface area contributed by atoms with Gasteiger partial charge in [0, 0.05) is 6.42 Å². The first-order chi connectivity index (χ1) is 8.56. The maximum absolute atomic E-state index is 11.5. The number of rotatable bonds is 3. The third-order valence-corrected chi connectivity index (χ3v) is 2.69. The van der Waals surface area contributed by atoms with Crippen molar-refractivity contribution in [3.63, 3.8) is 0 Å². The van der Waals surface area contributed by atoms with E-state index in [1.54, 1.807) is 6.08 Å². The normalized spacial score (nSPS) is 15.1. The molecule has 1 aromatic rings. The Hall–Kier alpha value is -2.30. The van der Waals surface area contributed by atoms with E-state index < -0.39 is 12.5 Å². The molecular weight excluding hydrogens is 232 g/mol. The average molecular weight is 245 g/mol. The summed E-state index contributed by atoms with van der Waals surface area (Å²) in [5.74, 6) is -1.57. The molecule has 0 unspecified atom stereocenters. The van der Waals surface area contributed by atoms with Crippen LogP contribution in [0.2, 0.25) is 0 Å². The number of hydrazine groups is 1. The molecule has 1 heterocycles. The van der Waals surface area contributed by atoms with Crippen LogP contribution < -0.4 is 10.5 Å². The maximum atomic E-state index is 11.5. The molecule has 1 amide bonds. The Morgan fingerprint density at radius 2 is 2.06 bits per heavy atom. The fraction of sp³-hybridized carbons (Fsp3) is 0.231. The van der Waals surface area contributed by atoms with Gasteiger partial charge in [0.05, 0.1) is 18.2 Å². The fourth-order valence-electron chi connectivity index (χ4n) is 1.73. The van der Waals surface area contributed by atoms with Gasteiger partial charge in [-0.15, -0.1) is 0 Å². The predicted molar refractivity (Wildman–Crippen MR) is 63.6 cm³/mol. The number of carbonyl (C=O) groups excluding carboxylic acids is 2. The van der Waals surface area contributed by atoms with Crippen molar-refractivity contribution in [1.29, 1.82) is 0 Å². The molecule has 0 bridgehead atoms. The first-order valence-electron chi connectivity index (χ1n) is 5.60. The molecule has 0 fully saturated rings. The molecule has 1 N–H and O–H groups in total. The van der Waals surface area contributed by atoms with Crippen molar-refractivity contribution in [1.82, 2.24) is 10.4 Å². The molecule has 0 aromatic heterocycles. The Bertz CT molecular complexity index is 505. The molecule has 94 valence electrons. The van der Waals surface area contributed by atoms with Gasteiger partial charge in [-0.05, 0) is 18.6 Å². The number of carboxylic acids is 1. The molecule has 18 heavy (non-hydrogen) atoms. The van der Waals surface area contributed by atoms with E-state index in [0.29, 0.717) is 0 Å². The van der Waals surface area contributed by atoms with E-state index in [0.717, 1.165) is 21.8 Å². The van der Waals surface area contributed by atoms with E-state index in [9.17, 15) is 14.7 Å². The summed E-state index contributed by atoms with van der Waals surface area (Å²) in [4.78, 5) is 22.0. The summed E-state index contributed by atoms with van der Waals surface area (Å²) in [6, 6.07) is 7.75. The Labute approximate surface area is 105 Å². The summed E-state index contributed by atoms with van der Waals surface area (Å²) in [6.45, 7) is 1.53. The lowest BCUT2D eigenvalue weighted by atomic mass is 10.1. The molecule has 0 spiro atoms. The Kier molecular flexibility index (Phi) is 3.32. The number of hydrogen-bond donors (Lipinski definition) is 1. The van der Waals surface area contributed by atoms with Gasteiger partial charge < -0.3 is 9.90 Å². The molecule has 0 aliphatic carbocycles. The standard InChI is InChI=1S/C13H14N2O3/c1-9-2-4-10(5-3-9)11-6-7-12(16)15(14-11)8-13(17)18/h2-6,14H,7-8H2,1H3,(H,17,18)/p-1. The molecule has 0 saturated heterocycles. The van der Waals surface area contributed by atoms with Gasteiger partial charge in [-0.2, -0.15) is 0 Å². The zero-order valence-corrected chi connectivity index (χ0v) is 9.97. The molecule has 1 aliphatic heterocycles. The predicted octanol–water partition coefficient (Wildman–Crippen LogP) is -0.177. The smallest absolute Gasteiger partial charge is 0.245 e. The van der Waals surface area contributed by atoms with Crippen LogP contribution in [0.5, 0.6) is 0 Å². The molecule has 0 radical (unpaired) electrons. The van der Waals surface area contributed by atoms with Crippen LogP contribution in [0.15, 0.2) is 30.3 Å². The fourth-order valence-corrected chi connectivity index (χ4v) is 1.73. The largest absolute Gasteiger partial charge is 0.548 e. The summed E-state index contributed by atoms with van der Waals surface area (Å²) >= 11 is 0. The zero-order chi connectivity index (χ0) is 13.1. The molecule has 0 atom stereocenters. The second-order valence-corrected chi connectivity index (χ2v) is 4.15. The number of carboxylic acid groups (broad SMARTS) is 1. The highest BCUT2D eigenvalue weighted by Gasteiger charge is 2.19. The number of nitrogens with zero attached hydrogens (tertiary/aromatic N) is 1. The van der Waals surface area contributed by atoms with Gasteiger partial charge in [-0.3, -0.25) is 15.2 Å². The summed E-state index contributed by atoms with van der Waals surface area (Å²) in [5, 5.41) is 11.6. The molecule has 5 heteroatoms. The first kappa shape index (κ1) is 12.2. The minimum atomic E-state index is -1.29. The summed E-state index contributed by atoms with van der Waals surface area (Å²) in [7, 11) is 0. The van der Waals surface area contributed by atoms with Crippen molar-refractivity contribution in [2.45, 2.75) is 13.3 Å². The van der Waals surface area contributed by atoms with Gasteiger partial charge in [0.2, 0.25) is 5.91 Å². The SMILES string of the molecule is Cc1ccc(C2=CCC(=O)N(CC(=O)[O-])N2)cc1. The van der Waals surface area contributed by atoms with Gasteiger partial charge in [-0.1, -0.05) is 29.8 Å². The van der Waals surface area contributed by atoms with Gasteiger partial charge in [0.15, 0.2) is 0 Å². The topological polar surface area (TPSA) is 72.5 Å². The lowest BCUT2D eigenvalue weighted by Gasteiger charge is -2.29. The van der Waals surface area contributed by atoms with Crippen molar-refractivity contribution >= 4 is 17.6 Å². The lowest BCUT2D eigenvalue weighted by Crippen LogP contribution is -2.49. The lowest BCUT2D eigenvalue weighted by molar-refractivity contribution is -0.306. The van der Waals surface area contributed by atoms with Crippen LogP contribution >= 0.6 is 0 Å². The number of hydrogen-bond acceptors (Lipinski definition) is 4. The number of benzene rings is 1. The van der Waals surface area contributed by atoms with E-state index in [-0.39, 0.29) is 12.3 Å². The molecule has 2 rings (SSSR count).